The van der Waals surface area contributed by atoms with Crippen LogP contribution in [0, 0.1) is 0 Å². The average molecular weight is 297 g/mol. The molecule has 0 bridgehead atoms. The molecule has 0 spiro atoms. The number of hydrogen-bond acceptors (Lipinski definition) is 1. The Bertz CT molecular complexity index is 115. The zero-order valence-electron chi connectivity index (χ0n) is 8.72. The molecule has 1 N–H and O–H groups in total. The van der Waals surface area contributed by atoms with Crippen molar-refractivity contribution >= 4 is 30.4 Å². The van der Waals surface area contributed by atoms with Crippen LogP contribution in [0.15, 0.2) is 0 Å². The fourth-order valence-corrected chi connectivity index (χ4v) is 1.23. The molecule has 80 valence electrons. The van der Waals surface area contributed by atoms with E-state index in [9.17, 15) is 4.79 Å². The summed E-state index contributed by atoms with van der Waals surface area (Å²) in [5.41, 5.74) is 0. The van der Waals surface area contributed by atoms with Gasteiger partial charge in [-0.05, 0) is 6.42 Å². The number of carboxylic acids is 1. The fraction of sp³-hybridized carbons (Fsp3) is 0.900. The monoisotopic (exact) mass is 296 g/mol. The fourth-order valence-electron chi connectivity index (χ4n) is 1.23. The van der Waals surface area contributed by atoms with Crippen molar-refractivity contribution < 1.29 is 9.90 Å². The van der Waals surface area contributed by atoms with Crippen molar-refractivity contribution in [3.63, 3.8) is 0 Å². The van der Waals surface area contributed by atoms with E-state index in [1.807, 2.05) is 0 Å². The van der Waals surface area contributed by atoms with Gasteiger partial charge in [-0.2, -0.15) is 0 Å². The van der Waals surface area contributed by atoms with Crippen molar-refractivity contribution in [3.05, 3.63) is 0 Å². The molecule has 0 fully saturated rings. The molecule has 0 aromatic rings. The molecule has 0 aromatic heterocycles. The summed E-state index contributed by atoms with van der Waals surface area (Å²) in [4.78, 5) is 10.1. The van der Waals surface area contributed by atoms with Gasteiger partial charge in [0, 0.05) is 6.42 Å². The first-order valence-electron chi connectivity index (χ1n) is 4.99. The van der Waals surface area contributed by atoms with Crippen molar-refractivity contribution in [2.75, 3.05) is 0 Å². The van der Waals surface area contributed by atoms with Crippen molar-refractivity contribution in [1.29, 1.82) is 0 Å². The topological polar surface area (TPSA) is 37.3 Å². The van der Waals surface area contributed by atoms with Gasteiger partial charge in [-0.3, -0.25) is 4.79 Å². The van der Waals surface area contributed by atoms with E-state index in [2.05, 4.69) is 6.92 Å². The molecule has 3 heteroatoms. The van der Waals surface area contributed by atoms with Gasteiger partial charge in [-0.15, -0.1) is 0 Å². The van der Waals surface area contributed by atoms with Gasteiger partial charge < -0.3 is 5.11 Å². The minimum atomic E-state index is -0.663. The van der Waals surface area contributed by atoms with Gasteiger partial charge in [0.05, 0.1) is 0 Å². The molecular formula is C10H23O2Sb. The third kappa shape index (κ3) is 15.1. The predicted molar refractivity (Wildman–Crippen MR) is 60.2 cm³/mol. The van der Waals surface area contributed by atoms with Crippen molar-refractivity contribution in [2.45, 2.75) is 58.3 Å². The second-order valence-corrected chi connectivity index (χ2v) is 3.27. The molecule has 13 heavy (non-hydrogen) atoms. The van der Waals surface area contributed by atoms with Crippen LogP contribution in [0.5, 0.6) is 0 Å². The quantitative estimate of drug-likeness (QED) is 0.550. The summed E-state index contributed by atoms with van der Waals surface area (Å²) < 4.78 is 0. The Morgan fingerprint density at radius 3 is 1.92 bits per heavy atom. The van der Waals surface area contributed by atoms with Crippen molar-refractivity contribution in [2.24, 2.45) is 0 Å². The standard InChI is InChI=1S/C10H20O2.Sb.3H/c1-2-3-4-5-6-7-8-9-10(11)12;;;;/h2-9H2,1H3,(H,11,12);;;;. The van der Waals surface area contributed by atoms with Crippen LogP contribution < -0.4 is 0 Å². The molecular weight excluding hydrogens is 274 g/mol. The Morgan fingerprint density at radius 1 is 1.00 bits per heavy atom. The Morgan fingerprint density at radius 2 is 1.46 bits per heavy atom. The second-order valence-electron chi connectivity index (χ2n) is 3.27. The SMILES string of the molecule is CCCCCCCCCC(=O)O.[SbH3]. The third-order valence-electron chi connectivity index (χ3n) is 1.99. The Kier molecular flexibility index (Phi) is 14.9. The van der Waals surface area contributed by atoms with Gasteiger partial charge in [-0.1, -0.05) is 45.4 Å². The number of hydrogen-bond donors (Lipinski definition) is 1. The summed E-state index contributed by atoms with van der Waals surface area (Å²) in [6.07, 6.45) is 8.64. The van der Waals surface area contributed by atoms with E-state index in [0.29, 0.717) is 6.42 Å². The zero-order chi connectivity index (χ0) is 9.23. The van der Waals surface area contributed by atoms with Crippen LogP contribution in [0.2, 0.25) is 0 Å². The summed E-state index contributed by atoms with van der Waals surface area (Å²) in [5.74, 6) is -0.663. The molecule has 0 atom stereocenters. The normalized spacial score (nSPS) is 9.31. The van der Waals surface area contributed by atoms with Gasteiger partial charge in [0.2, 0.25) is 0 Å². The molecule has 0 saturated carbocycles. The molecule has 0 aromatic carbocycles. The number of carbonyl (C=O) groups is 1. The molecule has 0 aliphatic rings. The van der Waals surface area contributed by atoms with Crippen molar-refractivity contribution in [3.8, 4) is 0 Å². The summed E-state index contributed by atoms with van der Waals surface area (Å²) in [7, 11) is 0. The van der Waals surface area contributed by atoms with Crippen LogP contribution in [0.25, 0.3) is 0 Å². The van der Waals surface area contributed by atoms with Crippen LogP contribution in [0.3, 0.4) is 0 Å². The molecule has 0 aliphatic carbocycles. The summed E-state index contributed by atoms with van der Waals surface area (Å²) >= 11 is 0. The van der Waals surface area contributed by atoms with Crippen LogP contribution in [0.1, 0.15) is 58.3 Å². The molecule has 0 saturated heterocycles. The van der Waals surface area contributed by atoms with E-state index in [0.717, 1.165) is 12.8 Å². The van der Waals surface area contributed by atoms with Gasteiger partial charge in [-0.25, -0.2) is 0 Å². The average Bonchev–Trinajstić information content (AvgIpc) is 2.02. The van der Waals surface area contributed by atoms with E-state index in [1.165, 1.54) is 32.1 Å². The Balaban J connectivity index is 0. The van der Waals surface area contributed by atoms with E-state index >= 15 is 0 Å². The number of unbranched alkanes of at least 4 members (excludes halogenated alkanes) is 6. The third-order valence-corrected chi connectivity index (χ3v) is 1.99. The van der Waals surface area contributed by atoms with E-state index < -0.39 is 5.97 Å². The molecule has 0 aliphatic heterocycles. The maximum absolute atomic E-state index is 10.1. The minimum absolute atomic E-state index is 0. The Labute approximate surface area is 98.6 Å². The van der Waals surface area contributed by atoms with Crippen LogP contribution in [-0.2, 0) is 4.79 Å². The number of carboxylic acid groups (broad SMARTS) is 1. The molecule has 0 radical (unpaired) electrons. The van der Waals surface area contributed by atoms with E-state index in [-0.39, 0.29) is 24.4 Å². The Hall–Kier alpha value is 0.288. The summed E-state index contributed by atoms with van der Waals surface area (Å²) in [5, 5.41) is 8.35. The van der Waals surface area contributed by atoms with Gasteiger partial charge >= 0.3 is 30.4 Å². The van der Waals surface area contributed by atoms with Crippen LogP contribution in [0.4, 0.5) is 0 Å². The van der Waals surface area contributed by atoms with E-state index in [1.54, 1.807) is 0 Å². The first kappa shape index (κ1) is 15.7. The summed E-state index contributed by atoms with van der Waals surface area (Å²) in [6.45, 7) is 2.20. The first-order valence-corrected chi connectivity index (χ1v) is 4.99. The second kappa shape index (κ2) is 12.3. The van der Waals surface area contributed by atoms with Crippen LogP contribution >= 0.6 is 0 Å². The molecule has 0 amide bonds. The molecule has 2 nitrogen and oxygen atoms in total. The van der Waals surface area contributed by atoms with Crippen LogP contribution in [-0.4, -0.2) is 35.5 Å². The van der Waals surface area contributed by atoms with E-state index in [4.69, 9.17) is 5.11 Å². The van der Waals surface area contributed by atoms with Crippen molar-refractivity contribution in [1.82, 2.24) is 0 Å². The van der Waals surface area contributed by atoms with Gasteiger partial charge in [0.1, 0.15) is 0 Å². The van der Waals surface area contributed by atoms with Gasteiger partial charge in [0.15, 0.2) is 0 Å². The molecule has 0 unspecified atom stereocenters. The zero-order valence-corrected chi connectivity index (χ0v) is 12.8. The first-order chi connectivity index (χ1) is 5.77. The molecule has 0 heterocycles. The number of aliphatic carboxylic acids is 1. The predicted octanol–water partition coefficient (Wildman–Crippen LogP) is 2.03. The molecule has 0 rings (SSSR count). The maximum atomic E-state index is 10.1. The summed E-state index contributed by atoms with van der Waals surface area (Å²) in [6, 6.07) is 0. The number of rotatable bonds is 8. The van der Waals surface area contributed by atoms with Gasteiger partial charge in [0.25, 0.3) is 0 Å².